The Bertz CT molecular complexity index is 536. The van der Waals surface area contributed by atoms with E-state index in [4.69, 9.17) is 0 Å². The largest absolute Gasteiger partial charge is 0.504 e. The van der Waals surface area contributed by atoms with Crippen LogP contribution in [0.1, 0.15) is 26.3 Å². The Balaban J connectivity index is 2.67. The lowest BCUT2D eigenvalue weighted by Crippen LogP contribution is -2.10. The monoisotopic (exact) mass is 216 g/mol. The highest BCUT2D eigenvalue weighted by molar-refractivity contribution is 5.86. The number of rotatable bonds is 0. The van der Waals surface area contributed by atoms with E-state index in [1.807, 2.05) is 6.07 Å². The number of fused-ring (bicyclic) bond motifs is 1. The Labute approximate surface area is 95.2 Å². The highest BCUT2D eigenvalue weighted by atomic mass is 16.3. The Morgan fingerprint density at radius 2 is 1.38 bits per heavy atom. The minimum Gasteiger partial charge on any atom is -0.504 e. The van der Waals surface area contributed by atoms with Gasteiger partial charge < -0.3 is 10.2 Å². The molecule has 16 heavy (non-hydrogen) atoms. The van der Waals surface area contributed by atoms with Crippen LogP contribution in [0.5, 0.6) is 11.5 Å². The van der Waals surface area contributed by atoms with Crippen molar-refractivity contribution >= 4 is 10.8 Å². The van der Waals surface area contributed by atoms with E-state index in [9.17, 15) is 10.2 Å². The van der Waals surface area contributed by atoms with Gasteiger partial charge in [0.05, 0.1) is 0 Å². The molecular formula is C14H16O2. The van der Waals surface area contributed by atoms with E-state index in [-0.39, 0.29) is 16.9 Å². The fourth-order valence-electron chi connectivity index (χ4n) is 1.74. The molecule has 0 unspecified atom stereocenters. The lowest BCUT2D eigenvalue weighted by Gasteiger charge is -2.19. The molecule has 0 aromatic heterocycles. The minimum absolute atomic E-state index is 0.0708. The van der Waals surface area contributed by atoms with Crippen LogP contribution in [0.3, 0.4) is 0 Å². The Morgan fingerprint density at radius 1 is 0.812 bits per heavy atom. The van der Waals surface area contributed by atoms with Crippen molar-refractivity contribution in [2.75, 3.05) is 0 Å². The highest BCUT2D eigenvalue weighted by Crippen LogP contribution is 2.32. The van der Waals surface area contributed by atoms with Gasteiger partial charge in [0, 0.05) is 0 Å². The van der Waals surface area contributed by atoms with E-state index in [0.29, 0.717) is 0 Å². The maximum atomic E-state index is 9.46. The summed E-state index contributed by atoms with van der Waals surface area (Å²) in [6, 6.07) is 9.25. The molecule has 2 heteroatoms. The SMILES string of the molecule is CC(C)(C)c1ccc2cc(O)c(O)cc2c1. The summed E-state index contributed by atoms with van der Waals surface area (Å²) in [5.41, 5.74) is 1.30. The van der Waals surface area contributed by atoms with Gasteiger partial charge in [-0.1, -0.05) is 39.0 Å². The zero-order valence-corrected chi connectivity index (χ0v) is 9.78. The molecule has 0 aliphatic carbocycles. The number of aromatic hydroxyl groups is 2. The van der Waals surface area contributed by atoms with Crippen LogP contribution in [0, 0.1) is 0 Å². The van der Waals surface area contributed by atoms with Gasteiger partial charge in [0.1, 0.15) is 0 Å². The second kappa shape index (κ2) is 3.41. The van der Waals surface area contributed by atoms with Crippen molar-refractivity contribution in [2.24, 2.45) is 0 Å². The number of hydrogen-bond acceptors (Lipinski definition) is 2. The first-order valence-electron chi connectivity index (χ1n) is 5.34. The van der Waals surface area contributed by atoms with Gasteiger partial charge in [-0.25, -0.2) is 0 Å². The quantitative estimate of drug-likeness (QED) is 0.661. The smallest absolute Gasteiger partial charge is 0.158 e. The van der Waals surface area contributed by atoms with Gasteiger partial charge in [0.25, 0.3) is 0 Å². The van der Waals surface area contributed by atoms with E-state index < -0.39 is 0 Å². The van der Waals surface area contributed by atoms with Gasteiger partial charge in [0.15, 0.2) is 11.5 Å². The second-order valence-electron chi connectivity index (χ2n) is 5.15. The van der Waals surface area contributed by atoms with Crippen molar-refractivity contribution in [2.45, 2.75) is 26.2 Å². The van der Waals surface area contributed by atoms with Crippen molar-refractivity contribution in [1.82, 2.24) is 0 Å². The van der Waals surface area contributed by atoms with Gasteiger partial charge in [-0.2, -0.15) is 0 Å². The first kappa shape index (κ1) is 10.8. The molecule has 0 radical (unpaired) electrons. The Hall–Kier alpha value is -1.70. The van der Waals surface area contributed by atoms with E-state index in [1.54, 1.807) is 12.1 Å². The molecule has 2 rings (SSSR count). The molecule has 0 aliphatic heterocycles. The molecule has 0 aliphatic rings. The maximum absolute atomic E-state index is 9.46. The van der Waals surface area contributed by atoms with Crippen LogP contribution in [-0.2, 0) is 5.41 Å². The molecule has 0 amide bonds. The summed E-state index contributed by atoms with van der Waals surface area (Å²) in [4.78, 5) is 0. The first-order chi connectivity index (χ1) is 7.38. The molecule has 2 nitrogen and oxygen atoms in total. The zero-order chi connectivity index (χ0) is 11.9. The van der Waals surface area contributed by atoms with Crippen LogP contribution < -0.4 is 0 Å². The molecule has 0 fully saturated rings. The topological polar surface area (TPSA) is 40.5 Å². The number of hydrogen-bond donors (Lipinski definition) is 2. The summed E-state index contributed by atoms with van der Waals surface area (Å²) in [7, 11) is 0. The van der Waals surface area contributed by atoms with Gasteiger partial charge in [-0.15, -0.1) is 0 Å². The first-order valence-corrected chi connectivity index (χ1v) is 5.34. The van der Waals surface area contributed by atoms with E-state index >= 15 is 0 Å². The van der Waals surface area contributed by atoms with Crippen LogP contribution >= 0.6 is 0 Å². The Morgan fingerprint density at radius 3 is 1.94 bits per heavy atom. The van der Waals surface area contributed by atoms with Crippen LogP contribution in [0.2, 0.25) is 0 Å². The molecule has 84 valence electrons. The van der Waals surface area contributed by atoms with Crippen molar-refractivity contribution < 1.29 is 10.2 Å². The predicted octanol–water partition coefficient (Wildman–Crippen LogP) is 3.55. The summed E-state index contributed by atoms with van der Waals surface area (Å²) in [6.45, 7) is 6.44. The third kappa shape index (κ3) is 1.83. The number of phenolic OH excluding ortho intramolecular Hbond substituents is 2. The van der Waals surface area contributed by atoms with Gasteiger partial charge in [-0.3, -0.25) is 0 Å². The molecule has 0 saturated heterocycles. The van der Waals surface area contributed by atoms with Crippen molar-refractivity contribution in [3.63, 3.8) is 0 Å². The van der Waals surface area contributed by atoms with E-state index in [0.717, 1.165) is 10.8 Å². The molecule has 0 saturated carbocycles. The van der Waals surface area contributed by atoms with Crippen molar-refractivity contribution in [3.8, 4) is 11.5 Å². The third-order valence-electron chi connectivity index (χ3n) is 2.80. The number of phenols is 2. The average molecular weight is 216 g/mol. The molecule has 0 spiro atoms. The van der Waals surface area contributed by atoms with Crippen LogP contribution in [0.15, 0.2) is 30.3 Å². The average Bonchev–Trinajstić information content (AvgIpc) is 2.17. The van der Waals surface area contributed by atoms with Gasteiger partial charge in [0.2, 0.25) is 0 Å². The van der Waals surface area contributed by atoms with E-state index in [1.165, 1.54) is 5.56 Å². The summed E-state index contributed by atoms with van der Waals surface area (Å²) in [5.74, 6) is -0.144. The minimum atomic E-state index is -0.0731. The summed E-state index contributed by atoms with van der Waals surface area (Å²) >= 11 is 0. The molecule has 2 aromatic carbocycles. The maximum Gasteiger partial charge on any atom is 0.158 e. The molecule has 0 heterocycles. The molecule has 0 atom stereocenters. The fraction of sp³-hybridized carbons (Fsp3) is 0.286. The summed E-state index contributed by atoms with van der Waals surface area (Å²) in [6.07, 6.45) is 0. The summed E-state index contributed by atoms with van der Waals surface area (Å²) in [5, 5.41) is 20.7. The molecule has 2 N–H and O–H groups in total. The van der Waals surface area contributed by atoms with Crippen LogP contribution in [0.25, 0.3) is 10.8 Å². The van der Waals surface area contributed by atoms with Crippen LogP contribution in [0.4, 0.5) is 0 Å². The molecule has 2 aromatic rings. The van der Waals surface area contributed by atoms with E-state index in [2.05, 4.69) is 32.9 Å². The van der Waals surface area contributed by atoms with Crippen molar-refractivity contribution in [1.29, 1.82) is 0 Å². The molecule has 0 bridgehead atoms. The predicted molar refractivity (Wildman–Crippen MR) is 66.0 cm³/mol. The zero-order valence-electron chi connectivity index (χ0n) is 9.78. The van der Waals surface area contributed by atoms with Gasteiger partial charge in [-0.05, 0) is 33.9 Å². The lowest BCUT2D eigenvalue weighted by atomic mass is 9.86. The normalized spacial score (nSPS) is 11.9. The van der Waals surface area contributed by atoms with Crippen LogP contribution in [-0.4, -0.2) is 10.2 Å². The number of benzene rings is 2. The lowest BCUT2D eigenvalue weighted by molar-refractivity contribution is 0.405. The highest BCUT2D eigenvalue weighted by Gasteiger charge is 2.14. The Kier molecular flexibility index (Phi) is 2.30. The molecular weight excluding hydrogens is 200 g/mol. The van der Waals surface area contributed by atoms with Gasteiger partial charge >= 0.3 is 0 Å². The standard InChI is InChI=1S/C14H16O2/c1-14(2,3)11-5-4-9-7-12(15)13(16)8-10(9)6-11/h4-8,15-16H,1-3H3. The third-order valence-corrected chi connectivity index (χ3v) is 2.80. The summed E-state index contributed by atoms with van der Waals surface area (Å²) < 4.78 is 0. The second-order valence-corrected chi connectivity index (χ2v) is 5.15. The fourth-order valence-corrected chi connectivity index (χ4v) is 1.74. The van der Waals surface area contributed by atoms with Crippen molar-refractivity contribution in [3.05, 3.63) is 35.9 Å².